The molecule has 0 atom stereocenters. The molecule has 1 aliphatic heterocycles. The van der Waals surface area contributed by atoms with E-state index < -0.39 is 0 Å². The van der Waals surface area contributed by atoms with E-state index >= 15 is 0 Å². The Bertz CT molecular complexity index is 233. The summed E-state index contributed by atoms with van der Waals surface area (Å²) in [7, 11) is 0. The van der Waals surface area contributed by atoms with Gasteiger partial charge in [-0.1, -0.05) is 19.3 Å². The van der Waals surface area contributed by atoms with Crippen LogP contribution in [0.4, 0.5) is 0 Å². The summed E-state index contributed by atoms with van der Waals surface area (Å²) in [6, 6.07) is 0. The van der Waals surface area contributed by atoms with E-state index in [4.69, 9.17) is 0 Å². The first kappa shape index (κ1) is 10.1. The number of nitrogens with zero attached hydrogens (tertiary/aromatic N) is 1. The second-order valence-electron chi connectivity index (χ2n) is 6.36. The molecule has 0 aromatic rings. The van der Waals surface area contributed by atoms with Crippen LogP contribution in [0, 0.1) is 10.8 Å². The van der Waals surface area contributed by atoms with Crippen LogP contribution in [0.2, 0.25) is 0 Å². The quantitative estimate of drug-likeness (QED) is 0.768. The van der Waals surface area contributed by atoms with Crippen molar-refractivity contribution in [2.75, 3.05) is 26.2 Å². The monoisotopic (exact) mass is 209 g/mol. The zero-order valence-electron chi connectivity index (χ0n) is 9.67. The summed E-state index contributed by atoms with van der Waals surface area (Å²) in [5, 5.41) is 9.30. The Hall–Kier alpha value is -0.0800. The standard InChI is InChI=1S/C13H23NO/c15-11-13(6-7-13)10-14-8-12(9-14)4-2-1-3-5-12/h15H,1-11H2. The fourth-order valence-electron chi connectivity index (χ4n) is 3.65. The number of hydrogen-bond donors (Lipinski definition) is 1. The average Bonchev–Trinajstić information content (AvgIpc) is 2.98. The molecular weight excluding hydrogens is 186 g/mol. The van der Waals surface area contributed by atoms with Crippen molar-refractivity contribution in [3.8, 4) is 0 Å². The van der Waals surface area contributed by atoms with Gasteiger partial charge in [-0.3, -0.25) is 0 Å². The second-order valence-corrected chi connectivity index (χ2v) is 6.36. The predicted octanol–water partition coefficient (Wildman–Crippen LogP) is 2.02. The van der Waals surface area contributed by atoms with Crippen LogP contribution in [0.5, 0.6) is 0 Å². The molecule has 2 aliphatic carbocycles. The van der Waals surface area contributed by atoms with Gasteiger partial charge in [-0.15, -0.1) is 0 Å². The van der Waals surface area contributed by atoms with Gasteiger partial charge in [0.05, 0.1) is 0 Å². The summed E-state index contributed by atoms with van der Waals surface area (Å²) in [4.78, 5) is 2.59. The molecule has 3 rings (SSSR count). The maximum atomic E-state index is 9.30. The summed E-state index contributed by atoms with van der Waals surface area (Å²) >= 11 is 0. The van der Waals surface area contributed by atoms with E-state index in [-0.39, 0.29) is 0 Å². The van der Waals surface area contributed by atoms with Gasteiger partial charge in [0.15, 0.2) is 0 Å². The highest BCUT2D eigenvalue weighted by molar-refractivity contribution is 5.02. The minimum Gasteiger partial charge on any atom is -0.396 e. The Kier molecular flexibility index (Phi) is 2.33. The van der Waals surface area contributed by atoms with E-state index in [9.17, 15) is 5.11 Å². The minimum absolute atomic E-state index is 0.330. The molecule has 0 radical (unpaired) electrons. The number of hydrogen-bond acceptors (Lipinski definition) is 2. The molecule has 3 fully saturated rings. The van der Waals surface area contributed by atoms with Crippen LogP contribution in [-0.4, -0.2) is 36.2 Å². The van der Waals surface area contributed by atoms with Crippen LogP contribution >= 0.6 is 0 Å². The summed E-state index contributed by atoms with van der Waals surface area (Å²) in [5.41, 5.74) is 1.04. The first-order valence-electron chi connectivity index (χ1n) is 6.59. The summed E-state index contributed by atoms with van der Waals surface area (Å²) in [5.74, 6) is 0. The molecule has 1 N–H and O–H groups in total. The Labute approximate surface area is 92.7 Å². The molecule has 1 heterocycles. The molecule has 0 bridgehead atoms. The molecule has 2 nitrogen and oxygen atoms in total. The smallest absolute Gasteiger partial charge is 0.0499 e. The maximum absolute atomic E-state index is 9.30. The molecule has 15 heavy (non-hydrogen) atoms. The number of likely N-dealkylation sites (tertiary alicyclic amines) is 1. The highest BCUT2D eigenvalue weighted by Crippen LogP contribution is 2.50. The van der Waals surface area contributed by atoms with Gasteiger partial charge < -0.3 is 10.0 Å². The third kappa shape index (κ3) is 1.83. The Balaban J connectivity index is 1.49. The first-order valence-corrected chi connectivity index (χ1v) is 6.59. The van der Waals surface area contributed by atoms with E-state index in [1.165, 1.54) is 64.6 Å². The van der Waals surface area contributed by atoms with Gasteiger partial charge in [0.25, 0.3) is 0 Å². The summed E-state index contributed by atoms with van der Waals surface area (Å²) < 4.78 is 0. The highest BCUT2D eigenvalue weighted by Gasteiger charge is 2.49. The van der Waals surface area contributed by atoms with Gasteiger partial charge >= 0.3 is 0 Å². The lowest BCUT2D eigenvalue weighted by Gasteiger charge is -2.53. The fraction of sp³-hybridized carbons (Fsp3) is 1.00. The molecule has 86 valence electrons. The van der Waals surface area contributed by atoms with Crippen molar-refractivity contribution in [2.24, 2.45) is 10.8 Å². The molecule has 0 aromatic heterocycles. The Morgan fingerprint density at radius 2 is 1.60 bits per heavy atom. The fourth-order valence-corrected chi connectivity index (χ4v) is 3.65. The van der Waals surface area contributed by atoms with Crippen molar-refractivity contribution in [1.82, 2.24) is 4.90 Å². The van der Waals surface area contributed by atoms with Crippen LogP contribution in [0.3, 0.4) is 0 Å². The van der Waals surface area contributed by atoms with Gasteiger partial charge in [-0.05, 0) is 31.1 Å². The van der Waals surface area contributed by atoms with Gasteiger partial charge in [0, 0.05) is 31.7 Å². The van der Waals surface area contributed by atoms with E-state index in [0.717, 1.165) is 0 Å². The van der Waals surface area contributed by atoms with Crippen molar-refractivity contribution < 1.29 is 5.11 Å². The normalized spacial score (nSPS) is 32.6. The van der Waals surface area contributed by atoms with Crippen LogP contribution in [-0.2, 0) is 0 Å². The van der Waals surface area contributed by atoms with Gasteiger partial charge in [0.1, 0.15) is 0 Å². The molecule has 2 heteroatoms. The van der Waals surface area contributed by atoms with Crippen molar-refractivity contribution >= 4 is 0 Å². The van der Waals surface area contributed by atoms with Gasteiger partial charge in [-0.2, -0.15) is 0 Å². The van der Waals surface area contributed by atoms with E-state index in [0.29, 0.717) is 17.4 Å². The highest BCUT2D eigenvalue weighted by atomic mass is 16.3. The average molecular weight is 209 g/mol. The molecular formula is C13H23NO. The zero-order valence-corrected chi connectivity index (χ0v) is 9.67. The predicted molar refractivity (Wildman–Crippen MR) is 60.7 cm³/mol. The molecule has 0 unspecified atom stereocenters. The summed E-state index contributed by atoms with van der Waals surface area (Å²) in [6.07, 6.45) is 9.82. The van der Waals surface area contributed by atoms with Crippen molar-refractivity contribution in [3.05, 3.63) is 0 Å². The minimum atomic E-state index is 0.330. The zero-order chi connectivity index (χ0) is 10.4. The Morgan fingerprint density at radius 3 is 2.13 bits per heavy atom. The molecule has 2 saturated carbocycles. The molecule has 0 aromatic carbocycles. The number of aliphatic hydroxyl groups is 1. The van der Waals surface area contributed by atoms with Gasteiger partial charge in [-0.25, -0.2) is 0 Å². The van der Waals surface area contributed by atoms with E-state index in [1.807, 2.05) is 0 Å². The molecule has 0 amide bonds. The Morgan fingerprint density at radius 1 is 0.933 bits per heavy atom. The van der Waals surface area contributed by atoms with Crippen molar-refractivity contribution in [2.45, 2.75) is 44.9 Å². The second kappa shape index (κ2) is 3.46. The lowest BCUT2D eigenvalue weighted by molar-refractivity contribution is -0.0437. The number of aliphatic hydroxyl groups excluding tert-OH is 1. The molecule has 1 spiro atoms. The SMILES string of the molecule is OCC1(CN2CC3(CCCCC3)C2)CC1. The van der Waals surface area contributed by atoms with Crippen molar-refractivity contribution in [1.29, 1.82) is 0 Å². The topological polar surface area (TPSA) is 23.5 Å². The molecule has 3 aliphatic rings. The third-order valence-corrected chi connectivity index (χ3v) is 4.88. The lowest BCUT2D eigenvalue weighted by Crippen LogP contribution is -2.58. The van der Waals surface area contributed by atoms with Crippen molar-refractivity contribution in [3.63, 3.8) is 0 Å². The molecule has 1 saturated heterocycles. The van der Waals surface area contributed by atoms with Crippen LogP contribution in [0.1, 0.15) is 44.9 Å². The lowest BCUT2D eigenvalue weighted by atomic mass is 9.68. The summed E-state index contributed by atoms with van der Waals surface area (Å²) in [6.45, 7) is 4.24. The first-order chi connectivity index (χ1) is 7.26. The van der Waals surface area contributed by atoms with E-state index in [2.05, 4.69) is 4.90 Å². The van der Waals surface area contributed by atoms with Crippen LogP contribution in [0.15, 0.2) is 0 Å². The van der Waals surface area contributed by atoms with Crippen LogP contribution in [0.25, 0.3) is 0 Å². The van der Waals surface area contributed by atoms with E-state index in [1.54, 1.807) is 0 Å². The van der Waals surface area contributed by atoms with Gasteiger partial charge in [0.2, 0.25) is 0 Å². The third-order valence-electron chi connectivity index (χ3n) is 4.88. The maximum Gasteiger partial charge on any atom is 0.0499 e. The largest absolute Gasteiger partial charge is 0.396 e. The van der Waals surface area contributed by atoms with Crippen LogP contribution < -0.4 is 0 Å². The number of rotatable bonds is 3.